The van der Waals surface area contributed by atoms with E-state index in [9.17, 15) is 31.5 Å². The van der Waals surface area contributed by atoms with Crippen molar-refractivity contribution in [3.63, 3.8) is 0 Å². The summed E-state index contributed by atoms with van der Waals surface area (Å²) in [5.74, 6) is -3.57. The zero-order chi connectivity index (χ0) is 22.7. The molecule has 1 aliphatic rings. The Morgan fingerprint density at radius 1 is 1.19 bits per heavy atom. The Kier molecular flexibility index (Phi) is 6.73. The molecule has 1 aromatic carbocycles. The van der Waals surface area contributed by atoms with Gasteiger partial charge in [-0.15, -0.1) is 10.2 Å². The van der Waals surface area contributed by atoms with Crippen molar-refractivity contribution >= 4 is 23.5 Å². The van der Waals surface area contributed by atoms with Crippen LogP contribution in [0, 0.1) is 11.6 Å². The highest BCUT2D eigenvalue weighted by Gasteiger charge is 2.31. The minimum atomic E-state index is -3.42. The van der Waals surface area contributed by atoms with Crippen LogP contribution in [0.4, 0.5) is 26.7 Å². The Labute approximate surface area is 176 Å². The fourth-order valence-corrected chi connectivity index (χ4v) is 2.82. The summed E-state index contributed by atoms with van der Waals surface area (Å²) in [5, 5.41) is 13.4. The molecule has 3 N–H and O–H groups in total. The molecule has 1 aromatic heterocycles. The lowest BCUT2D eigenvalue weighted by atomic mass is 10.0. The molecule has 31 heavy (non-hydrogen) atoms. The van der Waals surface area contributed by atoms with Crippen LogP contribution >= 0.6 is 11.6 Å². The summed E-state index contributed by atoms with van der Waals surface area (Å²) in [6, 6.07) is 0.983. The number of nitrogens with zero attached hydrogens (tertiary/aromatic N) is 2. The van der Waals surface area contributed by atoms with E-state index in [4.69, 9.17) is 11.6 Å². The number of carbonyl (C=O) groups excluding carboxylic acids is 2. The largest absolute Gasteiger partial charge is 0.436 e. The zero-order valence-electron chi connectivity index (χ0n) is 15.2. The topological polar surface area (TPSA) is 105 Å². The van der Waals surface area contributed by atoms with Crippen molar-refractivity contribution in [3.8, 4) is 5.88 Å². The summed E-state index contributed by atoms with van der Waals surface area (Å²) in [4.78, 5) is 23.7. The van der Waals surface area contributed by atoms with Gasteiger partial charge in [-0.2, -0.15) is 4.39 Å². The number of rotatable bonds is 7. The van der Waals surface area contributed by atoms with Crippen LogP contribution in [0.1, 0.15) is 17.3 Å². The predicted molar refractivity (Wildman–Crippen MR) is 95.2 cm³/mol. The first-order valence-corrected chi connectivity index (χ1v) is 8.95. The molecule has 3 atom stereocenters. The molecule has 0 bridgehead atoms. The smallest absolute Gasteiger partial charge is 0.315 e. The van der Waals surface area contributed by atoms with Crippen LogP contribution in [0.15, 0.2) is 24.3 Å². The second-order valence-electron chi connectivity index (χ2n) is 6.21. The van der Waals surface area contributed by atoms with Crippen LogP contribution in [0.2, 0.25) is 5.02 Å². The van der Waals surface area contributed by atoms with Gasteiger partial charge in [0.25, 0.3) is 6.36 Å². The molecule has 3 rings (SSSR count). The van der Waals surface area contributed by atoms with Crippen molar-refractivity contribution in [2.45, 2.75) is 24.9 Å². The number of amides is 3. The molecule has 1 aliphatic heterocycles. The second-order valence-corrected chi connectivity index (χ2v) is 6.59. The Morgan fingerprint density at radius 2 is 1.94 bits per heavy atom. The van der Waals surface area contributed by atoms with Gasteiger partial charge in [-0.1, -0.05) is 17.7 Å². The highest BCUT2D eigenvalue weighted by atomic mass is 35.5. The molecule has 3 amide bonds. The minimum absolute atomic E-state index is 0.0476. The summed E-state index contributed by atoms with van der Waals surface area (Å²) < 4.78 is 70.0. The van der Waals surface area contributed by atoms with Crippen molar-refractivity contribution < 1.29 is 36.3 Å². The molecule has 14 heteroatoms. The summed E-state index contributed by atoms with van der Waals surface area (Å²) in [6.07, 6.45) is -6.36. The highest BCUT2D eigenvalue weighted by Crippen LogP contribution is 2.29. The Hall–Kier alpha value is -3.22. The van der Waals surface area contributed by atoms with Crippen LogP contribution in [-0.4, -0.2) is 47.5 Å². The molecular formula is C17H13ClF5N5O3. The normalized spacial score (nSPS) is 17.6. The van der Waals surface area contributed by atoms with Crippen molar-refractivity contribution in [3.05, 3.63) is 52.2 Å². The van der Waals surface area contributed by atoms with Crippen molar-refractivity contribution in [2.75, 3.05) is 6.54 Å². The number of aromatic nitrogens is 2. The summed E-state index contributed by atoms with van der Waals surface area (Å²) in [6.45, 7) is -0.0476. The molecule has 0 aliphatic carbocycles. The fourth-order valence-electron chi connectivity index (χ4n) is 2.64. The first-order chi connectivity index (χ1) is 14.7. The van der Waals surface area contributed by atoms with Crippen LogP contribution in [0.5, 0.6) is 5.88 Å². The SMILES string of the molecule is O=C1NC[C@@H](C(=O)N[C@H](c2ccc(OC(F)C(F)F)nn2)c2ccc(F)c(Cl)c2F)N1. The Balaban J connectivity index is 1.91. The molecular weight excluding hydrogens is 453 g/mol. The van der Waals surface area contributed by atoms with E-state index in [0.717, 1.165) is 24.3 Å². The van der Waals surface area contributed by atoms with E-state index in [2.05, 4.69) is 30.9 Å². The minimum Gasteiger partial charge on any atom is -0.436 e. The van der Waals surface area contributed by atoms with Gasteiger partial charge in [-0.25, -0.2) is 22.4 Å². The van der Waals surface area contributed by atoms with Gasteiger partial charge in [0.1, 0.15) is 28.7 Å². The lowest BCUT2D eigenvalue weighted by Gasteiger charge is -2.21. The highest BCUT2D eigenvalue weighted by molar-refractivity contribution is 6.31. The number of urea groups is 1. The number of alkyl halides is 3. The van der Waals surface area contributed by atoms with E-state index in [0.29, 0.717) is 0 Å². The third kappa shape index (κ3) is 5.10. The number of ether oxygens (including phenoxy) is 1. The Bertz CT molecular complexity index is 981. The van der Waals surface area contributed by atoms with E-state index in [1.54, 1.807) is 0 Å². The van der Waals surface area contributed by atoms with Crippen molar-refractivity contribution in [2.24, 2.45) is 0 Å². The third-order valence-corrected chi connectivity index (χ3v) is 4.49. The monoisotopic (exact) mass is 465 g/mol. The molecule has 0 saturated carbocycles. The average Bonchev–Trinajstić information content (AvgIpc) is 3.18. The van der Waals surface area contributed by atoms with Gasteiger partial charge in [-0.05, 0) is 12.1 Å². The molecule has 1 fully saturated rings. The van der Waals surface area contributed by atoms with E-state index in [1.165, 1.54) is 0 Å². The van der Waals surface area contributed by atoms with Crippen LogP contribution in [-0.2, 0) is 4.79 Å². The van der Waals surface area contributed by atoms with E-state index >= 15 is 0 Å². The van der Waals surface area contributed by atoms with Crippen LogP contribution < -0.4 is 20.7 Å². The van der Waals surface area contributed by atoms with Gasteiger partial charge in [0.15, 0.2) is 0 Å². The lowest BCUT2D eigenvalue weighted by Crippen LogP contribution is -2.44. The maximum Gasteiger partial charge on any atom is 0.315 e. The molecule has 0 spiro atoms. The first kappa shape index (κ1) is 22.5. The van der Waals surface area contributed by atoms with E-state index in [1.807, 2.05) is 0 Å². The van der Waals surface area contributed by atoms with Gasteiger partial charge < -0.3 is 20.7 Å². The number of benzene rings is 1. The molecule has 1 saturated heterocycles. The quantitative estimate of drug-likeness (QED) is 0.430. The van der Waals surface area contributed by atoms with E-state index in [-0.39, 0.29) is 17.8 Å². The lowest BCUT2D eigenvalue weighted by molar-refractivity contribution is -0.123. The van der Waals surface area contributed by atoms with Crippen molar-refractivity contribution in [1.29, 1.82) is 0 Å². The second kappa shape index (κ2) is 9.29. The van der Waals surface area contributed by atoms with Gasteiger partial charge in [0, 0.05) is 18.2 Å². The Morgan fingerprint density at radius 3 is 2.52 bits per heavy atom. The van der Waals surface area contributed by atoms with Gasteiger partial charge in [0.05, 0.1) is 5.69 Å². The number of nitrogens with one attached hydrogen (secondary N) is 3. The molecule has 1 unspecified atom stereocenters. The molecule has 2 heterocycles. The predicted octanol–water partition coefficient (Wildman–Crippen LogP) is 2.23. The summed E-state index contributed by atoms with van der Waals surface area (Å²) in [5.41, 5.74) is -0.428. The molecule has 166 valence electrons. The van der Waals surface area contributed by atoms with Crippen LogP contribution in [0.25, 0.3) is 0 Å². The summed E-state index contributed by atoms with van der Waals surface area (Å²) in [7, 11) is 0. The summed E-state index contributed by atoms with van der Waals surface area (Å²) >= 11 is 5.61. The fraction of sp³-hybridized carbons (Fsp3) is 0.294. The molecule has 0 radical (unpaired) electrons. The molecule has 8 nitrogen and oxygen atoms in total. The maximum absolute atomic E-state index is 14.6. The van der Waals surface area contributed by atoms with Gasteiger partial charge in [0.2, 0.25) is 11.8 Å². The maximum atomic E-state index is 14.6. The third-order valence-electron chi connectivity index (χ3n) is 4.14. The number of carbonyl (C=O) groups is 2. The number of hydrogen-bond acceptors (Lipinski definition) is 5. The first-order valence-electron chi connectivity index (χ1n) is 8.58. The average molecular weight is 466 g/mol. The molecule has 2 aromatic rings. The van der Waals surface area contributed by atoms with E-state index < -0.39 is 59.3 Å². The standard InChI is InChI=1S/C17H13ClF5N5O3/c18-11-7(19)2-1-6(12(11)20)13(26-16(29)9-5-24-17(30)25-9)8-3-4-10(28-27-8)31-15(23)14(21)22/h1-4,9,13-15H,5H2,(H,26,29)(H2,24,25,30)/t9-,13-,15?/m0/s1. The van der Waals surface area contributed by atoms with Crippen molar-refractivity contribution in [1.82, 2.24) is 26.1 Å². The number of halogens is 6. The van der Waals surface area contributed by atoms with Gasteiger partial charge >= 0.3 is 12.5 Å². The number of hydrogen-bond donors (Lipinski definition) is 3. The van der Waals surface area contributed by atoms with Crippen LogP contribution in [0.3, 0.4) is 0 Å². The zero-order valence-corrected chi connectivity index (χ0v) is 16.0. The van der Waals surface area contributed by atoms with Gasteiger partial charge in [-0.3, -0.25) is 4.79 Å².